The third kappa shape index (κ3) is 1.40. The number of rotatable bonds is 2. The Kier molecular flexibility index (Phi) is 2.46. The van der Waals surface area contributed by atoms with E-state index >= 15 is 0 Å². The highest BCUT2D eigenvalue weighted by atomic mass is 35.5. The van der Waals surface area contributed by atoms with Gasteiger partial charge in [-0.15, -0.1) is 0 Å². The average Bonchev–Trinajstić information content (AvgIpc) is 2.46. The van der Waals surface area contributed by atoms with Crippen LogP contribution in [0, 0.1) is 6.92 Å². The van der Waals surface area contributed by atoms with Crippen LogP contribution in [-0.2, 0) is 6.42 Å². The molecule has 0 spiro atoms. The second-order valence-electron chi connectivity index (χ2n) is 3.46. The monoisotopic (exact) mass is 208 g/mol. The summed E-state index contributed by atoms with van der Waals surface area (Å²) in [5.41, 5.74) is 2.19. The first kappa shape index (κ1) is 9.53. The van der Waals surface area contributed by atoms with Gasteiger partial charge in [0.15, 0.2) is 5.15 Å². The van der Waals surface area contributed by atoms with Crippen LogP contribution in [-0.4, -0.2) is 9.38 Å². The molecule has 0 bridgehead atoms. The molecule has 2 nitrogen and oxygen atoms in total. The molecule has 14 heavy (non-hydrogen) atoms. The third-order valence-corrected chi connectivity index (χ3v) is 2.63. The van der Waals surface area contributed by atoms with E-state index in [0.717, 1.165) is 24.2 Å². The second kappa shape index (κ2) is 3.62. The standard InChI is InChI=1S/C11H13ClN2/c1-3-5-10-13-11(12)9-7-4-6-8(2)14(9)10/h4,6-7H,3,5H2,1-2H3. The fraction of sp³-hybridized carbons (Fsp3) is 0.364. The number of pyridine rings is 1. The molecule has 0 aliphatic rings. The molecule has 3 heteroatoms. The number of imidazole rings is 1. The maximum absolute atomic E-state index is 6.05. The molecular weight excluding hydrogens is 196 g/mol. The number of fused-ring (bicyclic) bond motifs is 1. The lowest BCUT2D eigenvalue weighted by molar-refractivity contribution is 0.820. The van der Waals surface area contributed by atoms with Gasteiger partial charge in [0.1, 0.15) is 5.82 Å². The van der Waals surface area contributed by atoms with Crippen molar-refractivity contribution >= 4 is 17.1 Å². The summed E-state index contributed by atoms with van der Waals surface area (Å²) in [6.45, 7) is 4.22. The Morgan fingerprint density at radius 1 is 1.43 bits per heavy atom. The molecule has 74 valence electrons. The van der Waals surface area contributed by atoms with Gasteiger partial charge in [0.05, 0.1) is 5.52 Å². The van der Waals surface area contributed by atoms with Gasteiger partial charge in [-0.1, -0.05) is 24.6 Å². The molecule has 0 aliphatic carbocycles. The van der Waals surface area contributed by atoms with Gasteiger partial charge in [0, 0.05) is 12.1 Å². The Morgan fingerprint density at radius 3 is 2.93 bits per heavy atom. The molecule has 2 aromatic heterocycles. The van der Waals surface area contributed by atoms with Crippen LogP contribution in [0.3, 0.4) is 0 Å². The van der Waals surface area contributed by atoms with Gasteiger partial charge in [-0.2, -0.15) is 0 Å². The average molecular weight is 209 g/mol. The third-order valence-electron chi connectivity index (χ3n) is 2.36. The molecular formula is C11H13ClN2. The molecule has 0 atom stereocenters. The molecule has 0 saturated heterocycles. The van der Waals surface area contributed by atoms with Crippen molar-refractivity contribution < 1.29 is 0 Å². The molecule has 0 N–H and O–H groups in total. The second-order valence-corrected chi connectivity index (χ2v) is 3.81. The summed E-state index contributed by atoms with van der Waals surface area (Å²) in [5, 5.41) is 0.608. The highest BCUT2D eigenvalue weighted by Gasteiger charge is 2.09. The van der Waals surface area contributed by atoms with Crippen molar-refractivity contribution in [1.82, 2.24) is 9.38 Å². The van der Waals surface area contributed by atoms with Gasteiger partial charge in [0.2, 0.25) is 0 Å². The van der Waals surface area contributed by atoms with Crippen molar-refractivity contribution in [2.45, 2.75) is 26.7 Å². The van der Waals surface area contributed by atoms with Crippen LogP contribution >= 0.6 is 11.6 Å². The lowest BCUT2D eigenvalue weighted by Gasteiger charge is -2.02. The fourth-order valence-corrected chi connectivity index (χ4v) is 1.98. The Bertz CT molecular complexity index is 460. The SMILES string of the molecule is CCCc1nc(Cl)c2cccc(C)n12. The summed E-state index contributed by atoms with van der Waals surface area (Å²) >= 11 is 6.05. The first-order valence-corrected chi connectivity index (χ1v) is 5.24. The number of hydrogen-bond acceptors (Lipinski definition) is 1. The van der Waals surface area contributed by atoms with E-state index in [-0.39, 0.29) is 0 Å². The highest BCUT2D eigenvalue weighted by molar-refractivity contribution is 6.32. The predicted molar refractivity (Wildman–Crippen MR) is 58.9 cm³/mol. The summed E-state index contributed by atoms with van der Waals surface area (Å²) in [7, 11) is 0. The van der Waals surface area contributed by atoms with E-state index in [1.807, 2.05) is 12.1 Å². The smallest absolute Gasteiger partial charge is 0.155 e. The molecule has 0 fully saturated rings. The predicted octanol–water partition coefficient (Wildman–Crippen LogP) is 3.25. The summed E-state index contributed by atoms with van der Waals surface area (Å²) in [5.74, 6) is 1.06. The molecule has 2 heterocycles. The minimum absolute atomic E-state index is 0.608. The molecule has 0 aliphatic heterocycles. The molecule has 0 aromatic carbocycles. The summed E-state index contributed by atoms with van der Waals surface area (Å²) < 4.78 is 2.13. The number of hydrogen-bond donors (Lipinski definition) is 0. The normalized spacial score (nSPS) is 11.1. The van der Waals surface area contributed by atoms with Gasteiger partial charge in [-0.05, 0) is 25.5 Å². The molecule has 0 amide bonds. The first-order chi connectivity index (χ1) is 6.74. The zero-order chi connectivity index (χ0) is 10.1. The number of aryl methyl sites for hydroxylation is 2. The van der Waals surface area contributed by atoms with Gasteiger partial charge in [-0.25, -0.2) is 4.98 Å². The lowest BCUT2D eigenvalue weighted by Crippen LogP contribution is -1.97. The van der Waals surface area contributed by atoms with E-state index in [9.17, 15) is 0 Å². The zero-order valence-corrected chi connectivity index (χ0v) is 9.17. The maximum Gasteiger partial charge on any atom is 0.155 e. The van der Waals surface area contributed by atoms with Crippen LogP contribution < -0.4 is 0 Å². The van der Waals surface area contributed by atoms with Crippen LogP contribution in [0.2, 0.25) is 5.15 Å². The summed E-state index contributed by atoms with van der Waals surface area (Å²) in [6.07, 6.45) is 2.06. The highest BCUT2D eigenvalue weighted by Crippen LogP contribution is 2.20. The Hall–Kier alpha value is -1.02. The zero-order valence-electron chi connectivity index (χ0n) is 8.42. The number of aromatic nitrogens is 2. The fourth-order valence-electron chi connectivity index (χ4n) is 1.73. The van der Waals surface area contributed by atoms with Crippen LogP contribution in [0.15, 0.2) is 18.2 Å². The van der Waals surface area contributed by atoms with Crippen molar-refractivity contribution in [3.63, 3.8) is 0 Å². The van der Waals surface area contributed by atoms with Crippen LogP contribution in [0.4, 0.5) is 0 Å². The maximum atomic E-state index is 6.05. The van der Waals surface area contributed by atoms with Crippen molar-refractivity contribution in [3.05, 3.63) is 34.9 Å². The van der Waals surface area contributed by atoms with Crippen LogP contribution in [0.25, 0.3) is 5.52 Å². The quantitative estimate of drug-likeness (QED) is 0.741. The first-order valence-electron chi connectivity index (χ1n) is 4.86. The number of halogens is 1. The molecule has 0 saturated carbocycles. The van der Waals surface area contributed by atoms with E-state index < -0.39 is 0 Å². The Morgan fingerprint density at radius 2 is 2.21 bits per heavy atom. The van der Waals surface area contributed by atoms with Gasteiger partial charge >= 0.3 is 0 Å². The molecule has 0 unspecified atom stereocenters. The van der Waals surface area contributed by atoms with Gasteiger partial charge in [0.25, 0.3) is 0 Å². The van der Waals surface area contributed by atoms with E-state index in [2.05, 4.69) is 29.3 Å². The van der Waals surface area contributed by atoms with Crippen molar-refractivity contribution in [2.24, 2.45) is 0 Å². The van der Waals surface area contributed by atoms with Crippen LogP contribution in [0.5, 0.6) is 0 Å². The van der Waals surface area contributed by atoms with Crippen molar-refractivity contribution in [1.29, 1.82) is 0 Å². The van der Waals surface area contributed by atoms with Gasteiger partial charge in [-0.3, -0.25) is 4.40 Å². The molecule has 0 radical (unpaired) electrons. The van der Waals surface area contributed by atoms with E-state index in [1.165, 1.54) is 5.69 Å². The minimum Gasteiger partial charge on any atom is -0.299 e. The van der Waals surface area contributed by atoms with E-state index in [0.29, 0.717) is 5.15 Å². The minimum atomic E-state index is 0.608. The lowest BCUT2D eigenvalue weighted by atomic mass is 10.3. The number of nitrogens with zero attached hydrogens (tertiary/aromatic N) is 2. The van der Waals surface area contributed by atoms with E-state index in [1.54, 1.807) is 0 Å². The van der Waals surface area contributed by atoms with Crippen molar-refractivity contribution in [3.8, 4) is 0 Å². The molecule has 2 rings (SSSR count). The summed E-state index contributed by atoms with van der Waals surface area (Å²) in [6, 6.07) is 6.08. The van der Waals surface area contributed by atoms with Gasteiger partial charge < -0.3 is 0 Å². The van der Waals surface area contributed by atoms with Crippen LogP contribution in [0.1, 0.15) is 24.9 Å². The van der Waals surface area contributed by atoms with E-state index in [4.69, 9.17) is 11.6 Å². The topological polar surface area (TPSA) is 17.3 Å². The largest absolute Gasteiger partial charge is 0.299 e. The Labute approximate surface area is 88.5 Å². The molecule has 2 aromatic rings. The summed E-state index contributed by atoms with van der Waals surface area (Å²) in [4.78, 5) is 4.37. The Balaban J connectivity index is 2.72. The van der Waals surface area contributed by atoms with Crippen molar-refractivity contribution in [2.75, 3.05) is 0 Å².